The fourth-order valence-corrected chi connectivity index (χ4v) is 5.19. The van der Waals surface area contributed by atoms with E-state index in [4.69, 9.17) is 0 Å². The molecule has 2 aliphatic rings. The number of carbonyl (C=O) groups excluding carboxylic acids is 1. The molecule has 0 bridgehead atoms. The van der Waals surface area contributed by atoms with Gasteiger partial charge in [-0.3, -0.25) is 4.79 Å². The number of nitrogens with zero attached hydrogens (tertiary/aromatic N) is 4. The van der Waals surface area contributed by atoms with E-state index in [0.29, 0.717) is 23.9 Å². The van der Waals surface area contributed by atoms with Gasteiger partial charge in [0.1, 0.15) is 0 Å². The Balaban J connectivity index is 1.67. The molecule has 8 heteroatoms. The zero-order valence-corrected chi connectivity index (χ0v) is 15.0. The molecule has 1 aromatic heterocycles. The fraction of sp³-hybridized carbons (Fsp3) is 0.688. The van der Waals surface area contributed by atoms with Crippen molar-refractivity contribution >= 4 is 21.7 Å². The van der Waals surface area contributed by atoms with Crippen LogP contribution in [0.2, 0.25) is 0 Å². The molecule has 3 rings (SSSR count). The number of amides is 1. The molecule has 24 heavy (non-hydrogen) atoms. The lowest BCUT2D eigenvalue weighted by atomic mass is 10.0. The highest BCUT2D eigenvalue weighted by atomic mass is 32.2. The Labute approximate surface area is 143 Å². The number of rotatable bonds is 3. The smallest absolute Gasteiger partial charge is 0.257 e. The molecule has 1 aromatic rings. The molecule has 0 aliphatic carbocycles. The molecule has 0 aromatic carbocycles. The van der Waals surface area contributed by atoms with Gasteiger partial charge in [0.25, 0.3) is 5.91 Å². The Hall–Kier alpha value is -1.70. The number of hydrogen-bond donors (Lipinski definition) is 0. The van der Waals surface area contributed by atoms with Crippen LogP contribution < -0.4 is 4.90 Å². The molecule has 2 unspecified atom stereocenters. The first-order valence-corrected chi connectivity index (χ1v) is 10.2. The quantitative estimate of drug-likeness (QED) is 0.806. The van der Waals surface area contributed by atoms with Crippen LogP contribution in [-0.2, 0) is 9.84 Å². The standard InChI is InChI=1S/C16H24N4O3S/c1-12-4-3-6-20(10-12)16-17-8-13(9-18-16)15(21)19(2)14-5-7-24(22,23)11-14/h8-9,12,14H,3-7,10-11H2,1-2H3. The molecular formula is C16H24N4O3S. The van der Waals surface area contributed by atoms with E-state index < -0.39 is 9.84 Å². The van der Waals surface area contributed by atoms with Crippen LogP contribution in [0.4, 0.5) is 5.95 Å². The first-order chi connectivity index (χ1) is 11.4. The summed E-state index contributed by atoms with van der Waals surface area (Å²) in [5.41, 5.74) is 0.399. The zero-order chi connectivity index (χ0) is 17.3. The van der Waals surface area contributed by atoms with Crippen LogP contribution in [0.1, 0.15) is 36.5 Å². The van der Waals surface area contributed by atoms with Gasteiger partial charge < -0.3 is 9.80 Å². The zero-order valence-electron chi connectivity index (χ0n) is 14.2. The van der Waals surface area contributed by atoms with Gasteiger partial charge in [0, 0.05) is 38.6 Å². The number of carbonyl (C=O) groups is 1. The molecule has 2 atom stereocenters. The summed E-state index contributed by atoms with van der Waals surface area (Å²) < 4.78 is 23.2. The van der Waals surface area contributed by atoms with Crippen LogP contribution in [0.15, 0.2) is 12.4 Å². The van der Waals surface area contributed by atoms with Gasteiger partial charge in [0.05, 0.1) is 17.1 Å². The summed E-state index contributed by atoms with van der Waals surface area (Å²) in [4.78, 5) is 24.9. The molecular weight excluding hydrogens is 328 g/mol. The number of hydrogen-bond acceptors (Lipinski definition) is 6. The first-order valence-electron chi connectivity index (χ1n) is 8.40. The summed E-state index contributed by atoms with van der Waals surface area (Å²) in [5, 5.41) is 0. The Morgan fingerprint density at radius 3 is 2.58 bits per heavy atom. The molecule has 0 spiro atoms. The first kappa shape index (κ1) is 17.1. The van der Waals surface area contributed by atoms with Gasteiger partial charge in [-0.2, -0.15) is 0 Å². The lowest BCUT2D eigenvalue weighted by Gasteiger charge is -2.30. The minimum atomic E-state index is -3.01. The second-order valence-electron chi connectivity index (χ2n) is 6.94. The van der Waals surface area contributed by atoms with Crippen LogP contribution in [0.3, 0.4) is 0 Å². The topological polar surface area (TPSA) is 83.5 Å². The number of piperidine rings is 1. The number of sulfone groups is 1. The predicted molar refractivity (Wildman–Crippen MR) is 91.8 cm³/mol. The summed E-state index contributed by atoms with van der Waals surface area (Å²) >= 11 is 0. The van der Waals surface area contributed by atoms with Gasteiger partial charge >= 0.3 is 0 Å². The van der Waals surface area contributed by atoms with E-state index in [1.54, 1.807) is 19.4 Å². The van der Waals surface area contributed by atoms with Crippen LogP contribution in [-0.4, -0.2) is 66.9 Å². The van der Waals surface area contributed by atoms with Crippen molar-refractivity contribution in [3.05, 3.63) is 18.0 Å². The van der Waals surface area contributed by atoms with Gasteiger partial charge in [-0.25, -0.2) is 18.4 Å². The largest absolute Gasteiger partial charge is 0.341 e. The highest BCUT2D eigenvalue weighted by Crippen LogP contribution is 2.21. The van der Waals surface area contributed by atoms with E-state index in [0.717, 1.165) is 19.5 Å². The maximum Gasteiger partial charge on any atom is 0.257 e. The molecule has 2 aliphatic heterocycles. The summed E-state index contributed by atoms with van der Waals surface area (Å²) in [6.07, 6.45) is 5.94. The van der Waals surface area contributed by atoms with Crippen LogP contribution in [0.25, 0.3) is 0 Å². The van der Waals surface area contributed by atoms with Crippen LogP contribution >= 0.6 is 0 Å². The summed E-state index contributed by atoms with van der Waals surface area (Å²) in [6.45, 7) is 4.10. The maximum absolute atomic E-state index is 12.5. The Morgan fingerprint density at radius 2 is 2.00 bits per heavy atom. The van der Waals surface area contributed by atoms with E-state index in [1.807, 2.05) is 0 Å². The van der Waals surface area contributed by atoms with Crippen molar-refractivity contribution in [3.8, 4) is 0 Å². The highest BCUT2D eigenvalue weighted by Gasteiger charge is 2.33. The van der Waals surface area contributed by atoms with E-state index >= 15 is 0 Å². The molecule has 2 saturated heterocycles. The Kier molecular flexibility index (Phi) is 4.76. The van der Waals surface area contributed by atoms with Crippen molar-refractivity contribution in [2.24, 2.45) is 5.92 Å². The van der Waals surface area contributed by atoms with Gasteiger partial charge in [-0.1, -0.05) is 6.92 Å². The average Bonchev–Trinajstić information content (AvgIpc) is 2.93. The van der Waals surface area contributed by atoms with Crippen molar-refractivity contribution in [2.45, 2.75) is 32.2 Å². The van der Waals surface area contributed by atoms with Crippen molar-refractivity contribution in [1.82, 2.24) is 14.9 Å². The van der Waals surface area contributed by atoms with Gasteiger partial charge in [-0.05, 0) is 25.2 Å². The van der Waals surface area contributed by atoms with Crippen molar-refractivity contribution < 1.29 is 13.2 Å². The third-order valence-electron chi connectivity index (χ3n) is 4.90. The van der Waals surface area contributed by atoms with Crippen LogP contribution in [0, 0.1) is 5.92 Å². The molecule has 7 nitrogen and oxygen atoms in total. The molecule has 132 valence electrons. The van der Waals surface area contributed by atoms with Gasteiger partial charge in [-0.15, -0.1) is 0 Å². The summed E-state index contributed by atoms with van der Waals surface area (Å²) in [7, 11) is -1.37. The predicted octanol–water partition coefficient (Wildman–Crippen LogP) is 0.972. The van der Waals surface area contributed by atoms with E-state index in [9.17, 15) is 13.2 Å². The van der Waals surface area contributed by atoms with Crippen LogP contribution in [0.5, 0.6) is 0 Å². The second kappa shape index (κ2) is 6.66. The molecule has 3 heterocycles. The molecule has 2 fully saturated rings. The monoisotopic (exact) mass is 352 g/mol. The van der Waals surface area contributed by atoms with E-state index in [2.05, 4.69) is 21.8 Å². The number of anilines is 1. The normalized spacial score (nSPS) is 26.3. The van der Waals surface area contributed by atoms with Crippen molar-refractivity contribution in [3.63, 3.8) is 0 Å². The van der Waals surface area contributed by atoms with E-state index in [1.165, 1.54) is 11.3 Å². The number of aromatic nitrogens is 2. The van der Waals surface area contributed by atoms with E-state index in [-0.39, 0.29) is 23.5 Å². The maximum atomic E-state index is 12.5. The lowest BCUT2D eigenvalue weighted by molar-refractivity contribution is 0.0747. The third-order valence-corrected chi connectivity index (χ3v) is 6.65. The average molecular weight is 352 g/mol. The SMILES string of the molecule is CC1CCCN(c2ncc(C(=O)N(C)C3CCS(=O)(=O)C3)cn2)C1. The minimum absolute atomic E-state index is 0.0415. The lowest BCUT2D eigenvalue weighted by Crippen LogP contribution is -2.38. The molecule has 0 saturated carbocycles. The second-order valence-corrected chi connectivity index (χ2v) is 9.17. The third kappa shape index (κ3) is 3.68. The van der Waals surface area contributed by atoms with Crippen molar-refractivity contribution in [1.29, 1.82) is 0 Å². The molecule has 0 radical (unpaired) electrons. The Morgan fingerprint density at radius 1 is 1.29 bits per heavy atom. The minimum Gasteiger partial charge on any atom is -0.341 e. The van der Waals surface area contributed by atoms with Crippen molar-refractivity contribution in [2.75, 3.05) is 36.5 Å². The molecule has 0 N–H and O–H groups in total. The highest BCUT2D eigenvalue weighted by molar-refractivity contribution is 7.91. The van der Waals surface area contributed by atoms with Gasteiger partial charge in [0.2, 0.25) is 5.95 Å². The molecule has 1 amide bonds. The summed E-state index contributed by atoms with van der Waals surface area (Å²) in [5.74, 6) is 1.25. The fourth-order valence-electron chi connectivity index (χ4n) is 3.42. The summed E-state index contributed by atoms with van der Waals surface area (Å²) in [6, 6.07) is -0.259. The van der Waals surface area contributed by atoms with Gasteiger partial charge in [0.15, 0.2) is 9.84 Å². The Bertz CT molecular complexity index is 705.